The average Bonchev–Trinajstić information content (AvgIpc) is 2.78. The average molecular weight is 398 g/mol. The minimum atomic E-state index is -4.41. The molecule has 1 aromatic rings. The van der Waals surface area contributed by atoms with Crippen molar-refractivity contribution < 1.29 is 26.3 Å². The Hall–Kier alpha value is -1.17. The van der Waals surface area contributed by atoms with Crippen molar-refractivity contribution in [3.8, 4) is 0 Å². The molecule has 1 atom stereocenters. The second kappa shape index (κ2) is 7.45. The van der Waals surface area contributed by atoms with Crippen molar-refractivity contribution in [2.45, 2.75) is 52.5 Å². The molecular formula is C15H25F3N4O3S. The molecule has 0 radical (unpaired) electrons. The molecule has 1 aliphatic rings. The van der Waals surface area contributed by atoms with E-state index in [1.54, 1.807) is 20.8 Å². The lowest BCUT2D eigenvalue weighted by Gasteiger charge is -2.38. The van der Waals surface area contributed by atoms with Crippen molar-refractivity contribution in [1.82, 2.24) is 18.4 Å². The summed E-state index contributed by atoms with van der Waals surface area (Å²) in [5, 5.41) is 3.97. The second-order valence-electron chi connectivity index (χ2n) is 6.68. The van der Waals surface area contributed by atoms with Crippen LogP contribution in [0.3, 0.4) is 0 Å². The van der Waals surface area contributed by atoms with Gasteiger partial charge in [0.05, 0.1) is 24.9 Å². The fourth-order valence-corrected chi connectivity index (χ4v) is 4.70. The van der Waals surface area contributed by atoms with Gasteiger partial charge in [0.2, 0.25) is 0 Å². The van der Waals surface area contributed by atoms with Crippen LogP contribution in [0.1, 0.15) is 36.8 Å². The van der Waals surface area contributed by atoms with Gasteiger partial charge in [0.1, 0.15) is 6.54 Å². The summed E-state index contributed by atoms with van der Waals surface area (Å²) in [7, 11) is -2.31. The van der Waals surface area contributed by atoms with Crippen LogP contribution in [0.4, 0.5) is 13.2 Å². The van der Waals surface area contributed by atoms with Crippen molar-refractivity contribution in [3.63, 3.8) is 0 Å². The highest BCUT2D eigenvalue weighted by molar-refractivity contribution is 7.86. The monoisotopic (exact) mass is 398 g/mol. The lowest BCUT2D eigenvalue weighted by Crippen LogP contribution is -2.50. The van der Waals surface area contributed by atoms with E-state index in [1.165, 1.54) is 22.6 Å². The van der Waals surface area contributed by atoms with E-state index in [0.717, 1.165) is 4.68 Å². The third kappa shape index (κ3) is 4.21. The van der Waals surface area contributed by atoms with E-state index in [1.807, 2.05) is 0 Å². The number of hydrogen-bond donors (Lipinski definition) is 0. The molecule has 0 spiro atoms. The van der Waals surface area contributed by atoms with E-state index in [-0.39, 0.29) is 25.8 Å². The molecule has 0 amide bonds. The van der Waals surface area contributed by atoms with Crippen molar-refractivity contribution in [3.05, 3.63) is 17.0 Å². The van der Waals surface area contributed by atoms with Crippen LogP contribution in [0, 0.1) is 13.8 Å². The Morgan fingerprint density at radius 1 is 1.35 bits per heavy atom. The van der Waals surface area contributed by atoms with Crippen LogP contribution in [0.2, 0.25) is 0 Å². The fraction of sp³-hybridized carbons (Fsp3) is 0.800. The highest BCUT2D eigenvalue weighted by Gasteiger charge is 2.40. The zero-order chi connectivity index (χ0) is 19.9. The molecule has 0 bridgehead atoms. The number of alkyl halides is 3. The number of ether oxygens (including phenoxy) is 1. The maximum atomic E-state index is 13.0. The van der Waals surface area contributed by atoms with Gasteiger partial charge in [0.25, 0.3) is 10.2 Å². The van der Waals surface area contributed by atoms with Gasteiger partial charge in [-0.25, -0.2) is 0 Å². The zero-order valence-electron chi connectivity index (χ0n) is 15.5. The number of morpholine rings is 1. The van der Waals surface area contributed by atoms with Crippen molar-refractivity contribution >= 4 is 10.2 Å². The van der Waals surface area contributed by atoms with Crippen LogP contribution < -0.4 is 0 Å². The molecule has 1 unspecified atom stereocenters. The van der Waals surface area contributed by atoms with Crippen LogP contribution in [0.15, 0.2) is 0 Å². The molecule has 0 saturated carbocycles. The third-order valence-corrected chi connectivity index (χ3v) is 6.75. The Labute approximate surface area is 151 Å². The largest absolute Gasteiger partial charge is 0.408 e. The summed E-state index contributed by atoms with van der Waals surface area (Å²) in [4.78, 5) is 0. The van der Waals surface area contributed by atoms with Crippen LogP contribution in [0.5, 0.6) is 0 Å². The summed E-state index contributed by atoms with van der Waals surface area (Å²) >= 11 is 0. The van der Waals surface area contributed by atoms with Gasteiger partial charge in [-0.1, -0.05) is 0 Å². The minimum Gasteiger partial charge on any atom is -0.378 e. The highest BCUT2D eigenvalue weighted by atomic mass is 32.2. The standard InChI is InChI=1S/C15H25F3N4O3S/c1-10(2)20(5)26(23,24)22-6-7-25-8-13(22)14-11(3)19-21(12(14)4)9-15(16,17)18/h10,13H,6-9H2,1-5H3. The summed E-state index contributed by atoms with van der Waals surface area (Å²) < 4.78 is 73.1. The van der Waals surface area contributed by atoms with E-state index < -0.39 is 29.0 Å². The number of nitrogens with zero attached hydrogens (tertiary/aromatic N) is 4. The maximum Gasteiger partial charge on any atom is 0.408 e. The maximum absolute atomic E-state index is 13.0. The van der Waals surface area contributed by atoms with E-state index in [2.05, 4.69) is 5.10 Å². The molecular weight excluding hydrogens is 373 g/mol. The van der Waals surface area contributed by atoms with Crippen LogP contribution in [-0.2, 0) is 21.5 Å². The fourth-order valence-electron chi connectivity index (χ4n) is 3.04. The number of aryl methyl sites for hydroxylation is 1. The van der Waals surface area contributed by atoms with Gasteiger partial charge in [-0.05, 0) is 27.7 Å². The van der Waals surface area contributed by atoms with Gasteiger partial charge in [-0.15, -0.1) is 0 Å². The van der Waals surface area contributed by atoms with Gasteiger partial charge < -0.3 is 4.74 Å². The quantitative estimate of drug-likeness (QED) is 0.761. The van der Waals surface area contributed by atoms with Gasteiger partial charge in [-0.2, -0.15) is 35.3 Å². The first-order valence-corrected chi connectivity index (χ1v) is 9.69. The van der Waals surface area contributed by atoms with Crippen LogP contribution >= 0.6 is 0 Å². The molecule has 2 rings (SSSR count). The van der Waals surface area contributed by atoms with Gasteiger partial charge in [-0.3, -0.25) is 4.68 Å². The van der Waals surface area contributed by atoms with Crippen molar-refractivity contribution in [2.24, 2.45) is 0 Å². The van der Waals surface area contributed by atoms with Crippen molar-refractivity contribution in [2.75, 3.05) is 26.8 Å². The van der Waals surface area contributed by atoms with E-state index in [0.29, 0.717) is 17.0 Å². The Morgan fingerprint density at radius 2 is 1.96 bits per heavy atom. The Morgan fingerprint density at radius 3 is 2.50 bits per heavy atom. The normalized spacial score (nSPS) is 20.3. The molecule has 1 saturated heterocycles. The lowest BCUT2D eigenvalue weighted by molar-refractivity contribution is -0.143. The summed E-state index contributed by atoms with van der Waals surface area (Å²) in [5.74, 6) is 0. The molecule has 150 valence electrons. The van der Waals surface area contributed by atoms with Gasteiger partial charge in [0, 0.05) is 30.9 Å². The lowest BCUT2D eigenvalue weighted by atomic mass is 10.0. The molecule has 26 heavy (non-hydrogen) atoms. The SMILES string of the molecule is Cc1nn(CC(F)(F)F)c(C)c1C1COCCN1S(=O)(=O)N(C)C(C)C. The zero-order valence-corrected chi connectivity index (χ0v) is 16.4. The first kappa shape index (κ1) is 21.1. The molecule has 0 aromatic carbocycles. The molecule has 0 aliphatic carbocycles. The summed E-state index contributed by atoms with van der Waals surface area (Å²) in [6, 6.07) is -0.962. The Kier molecular flexibility index (Phi) is 6.06. The second-order valence-corrected chi connectivity index (χ2v) is 8.62. The molecule has 7 nitrogen and oxygen atoms in total. The third-order valence-electron chi connectivity index (χ3n) is 4.57. The highest BCUT2D eigenvalue weighted by Crippen LogP contribution is 2.33. The predicted molar refractivity (Wildman–Crippen MR) is 89.8 cm³/mol. The topological polar surface area (TPSA) is 67.7 Å². The summed E-state index contributed by atoms with van der Waals surface area (Å²) in [6.07, 6.45) is -4.41. The molecule has 1 aromatic heterocycles. The van der Waals surface area contributed by atoms with Gasteiger partial charge in [0.15, 0.2) is 0 Å². The number of hydrogen-bond acceptors (Lipinski definition) is 4. The van der Waals surface area contributed by atoms with Gasteiger partial charge >= 0.3 is 6.18 Å². The number of halogens is 3. The smallest absolute Gasteiger partial charge is 0.378 e. The predicted octanol–water partition coefficient (Wildman–Crippen LogP) is 2.02. The van der Waals surface area contributed by atoms with E-state index in [9.17, 15) is 21.6 Å². The van der Waals surface area contributed by atoms with Crippen LogP contribution in [-0.4, -0.2) is 65.8 Å². The van der Waals surface area contributed by atoms with Crippen LogP contribution in [0.25, 0.3) is 0 Å². The minimum absolute atomic E-state index is 0.0740. The molecule has 1 fully saturated rings. The molecule has 11 heteroatoms. The summed E-state index contributed by atoms with van der Waals surface area (Å²) in [5.41, 5.74) is 1.13. The number of aromatic nitrogens is 2. The summed E-state index contributed by atoms with van der Waals surface area (Å²) in [6.45, 7) is 5.84. The molecule has 0 N–H and O–H groups in total. The van der Waals surface area contributed by atoms with E-state index in [4.69, 9.17) is 4.74 Å². The number of rotatable bonds is 5. The molecule has 1 aliphatic heterocycles. The first-order chi connectivity index (χ1) is 11.9. The Bertz CT molecular complexity index is 746. The van der Waals surface area contributed by atoms with Crippen molar-refractivity contribution in [1.29, 1.82) is 0 Å². The Balaban J connectivity index is 2.45. The first-order valence-electron chi connectivity index (χ1n) is 8.29. The molecule has 2 heterocycles. The van der Waals surface area contributed by atoms with E-state index >= 15 is 0 Å².